The lowest BCUT2D eigenvalue weighted by molar-refractivity contribution is -0.765. The van der Waals surface area contributed by atoms with Gasteiger partial charge in [-0.1, -0.05) is 5.16 Å². The molecule has 0 saturated carbocycles. The van der Waals surface area contributed by atoms with Crippen molar-refractivity contribution in [1.29, 1.82) is 0 Å². The van der Waals surface area contributed by atoms with Gasteiger partial charge in [0.2, 0.25) is 23.3 Å². The van der Waals surface area contributed by atoms with E-state index < -0.39 is 52.5 Å². The molecule has 4 amide bonds. The number of thioether (sulfide) groups is 1. The number of rotatable bonds is 12. The van der Waals surface area contributed by atoms with Crippen LogP contribution in [0.4, 0.5) is 21.4 Å². The van der Waals surface area contributed by atoms with Crippen LogP contribution >= 0.6 is 23.3 Å². The molecule has 2 aromatic rings. The number of fused-ring (bicyclic) bond motifs is 1. The third-order valence-corrected chi connectivity index (χ3v) is 8.49. The number of nitrogen functional groups attached to an aromatic ring is 2. The fourth-order valence-electron chi connectivity index (χ4n) is 4.14. The number of aliphatic carboxylic acids is 2. The van der Waals surface area contributed by atoms with Crippen LogP contribution in [0.5, 0.6) is 0 Å². The first-order chi connectivity index (χ1) is 21.2. The number of hydrogen-bond acceptors (Lipinski definition) is 14. The summed E-state index contributed by atoms with van der Waals surface area (Å²) in [6.45, 7) is 2.92. The van der Waals surface area contributed by atoms with Gasteiger partial charge in [0.05, 0.1) is 7.05 Å². The molecule has 4 heterocycles. The van der Waals surface area contributed by atoms with Gasteiger partial charge in [0.15, 0.2) is 23.2 Å². The van der Waals surface area contributed by atoms with Crippen molar-refractivity contribution in [3.8, 4) is 0 Å². The third-order valence-electron chi connectivity index (χ3n) is 6.60. The molecule has 2 aliphatic rings. The number of oxime groups is 1. The molecular formula is C23H31N12O8S2+. The molecule has 1 saturated heterocycles. The lowest BCUT2D eigenvalue weighted by atomic mass is 10.0. The normalized spacial score (nSPS) is 18.2. The lowest BCUT2D eigenvalue weighted by Gasteiger charge is -2.49. The summed E-state index contributed by atoms with van der Waals surface area (Å²) in [5.41, 5.74) is 15.2. The van der Waals surface area contributed by atoms with E-state index in [1.807, 2.05) is 0 Å². The molecule has 4 rings (SSSR count). The SMILES string of the molecule is Cn1c(N)c(NC(=O)NCCN)c[n+]1CC1=C(C(=O)O)N2C(=O)[C@@H](NC(=O)/C(=N\OC(C)(C)C(=O)O)c3nsc(N)n3)[C@H]2SC1. The summed E-state index contributed by atoms with van der Waals surface area (Å²) in [5.74, 6) is -4.28. The van der Waals surface area contributed by atoms with E-state index in [1.165, 1.54) is 36.5 Å². The topological polar surface area (TPSA) is 299 Å². The minimum atomic E-state index is -1.82. The average molecular weight is 668 g/mol. The van der Waals surface area contributed by atoms with E-state index in [2.05, 4.69) is 30.5 Å². The molecule has 0 spiro atoms. The van der Waals surface area contributed by atoms with Crippen molar-refractivity contribution >= 4 is 75.4 Å². The monoisotopic (exact) mass is 667 g/mol. The molecule has 242 valence electrons. The summed E-state index contributed by atoms with van der Waals surface area (Å²) >= 11 is 1.96. The maximum absolute atomic E-state index is 13.3. The first-order valence-electron chi connectivity index (χ1n) is 13.1. The second-order valence-electron chi connectivity index (χ2n) is 10.1. The highest BCUT2D eigenvalue weighted by atomic mass is 32.2. The van der Waals surface area contributed by atoms with Gasteiger partial charge in [-0.2, -0.15) is 9.36 Å². The Morgan fingerprint density at radius 3 is 2.58 bits per heavy atom. The predicted molar refractivity (Wildman–Crippen MR) is 159 cm³/mol. The van der Waals surface area contributed by atoms with Crippen LogP contribution < -0.4 is 37.8 Å². The van der Waals surface area contributed by atoms with E-state index in [0.717, 1.165) is 16.4 Å². The minimum absolute atomic E-state index is 0.00361. The molecule has 45 heavy (non-hydrogen) atoms. The van der Waals surface area contributed by atoms with Gasteiger partial charge in [0, 0.05) is 35.9 Å². The van der Waals surface area contributed by atoms with Gasteiger partial charge in [0.25, 0.3) is 11.8 Å². The van der Waals surface area contributed by atoms with E-state index in [-0.39, 0.29) is 53.5 Å². The lowest BCUT2D eigenvalue weighted by Crippen LogP contribution is -2.71. The van der Waals surface area contributed by atoms with E-state index in [4.69, 9.17) is 22.0 Å². The maximum Gasteiger partial charge on any atom is 0.352 e. The molecule has 2 atom stereocenters. The maximum atomic E-state index is 13.3. The second-order valence-corrected chi connectivity index (χ2v) is 12.0. The number of nitrogens with zero attached hydrogens (tertiary/aromatic N) is 6. The van der Waals surface area contributed by atoms with Gasteiger partial charge in [0.1, 0.15) is 17.1 Å². The number of carboxylic acids is 2. The molecule has 11 N–H and O–H groups in total. The first-order valence-corrected chi connectivity index (χ1v) is 14.9. The van der Waals surface area contributed by atoms with Gasteiger partial charge in [-0.05, 0) is 13.8 Å². The molecule has 2 aromatic heterocycles. The van der Waals surface area contributed by atoms with Gasteiger partial charge in [-0.3, -0.25) is 19.8 Å². The molecule has 20 nitrogen and oxygen atoms in total. The van der Waals surface area contributed by atoms with Crippen LogP contribution in [0.1, 0.15) is 19.7 Å². The molecule has 0 aromatic carbocycles. The van der Waals surface area contributed by atoms with Crippen LogP contribution in [0.25, 0.3) is 0 Å². The zero-order chi connectivity index (χ0) is 33.2. The van der Waals surface area contributed by atoms with Gasteiger partial charge in [-0.25, -0.2) is 14.4 Å². The standard InChI is InChI=1S/C23H30N12O8S2/c1-23(2,20(40)41)43-31-11(15-30-21(26)45-32-15)16(36)29-12-17(37)35-13(19(38)39)9(8-44-18(12)35)6-34-7-10(14(25)33(34)3)28-22(42)27-5-4-24/h7,12,18,25H,4-6,8,24H2,1-3H3,(H7,26,27,28,29,30,32,36,38,39,40,41,42)/p+1/b31-11-/t12-,18-/m1/s1. The van der Waals surface area contributed by atoms with Crippen molar-refractivity contribution in [3.05, 3.63) is 23.3 Å². The summed E-state index contributed by atoms with van der Waals surface area (Å²) in [6, 6.07) is -1.68. The van der Waals surface area contributed by atoms with Gasteiger partial charge < -0.3 is 42.9 Å². The number of aromatic nitrogens is 4. The Hall–Kier alpha value is -4.96. The van der Waals surface area contributed by atoms with Crippen molar-refractivity contribution < 1.29 is 43.7 Å². The Morgan fingerprint density at radius 2 is 1.98 bits per heavy atom. The third kappa shape index (κ3) is 6.76. The number of nitrogens with two attached hydrogens (primary N) is 3. The van der Waals surface area contributed by atoms with Crippen molar-refractivity contribution in [3.63, 3.8) is 0 Å². The van der Waals surface area contributed by atoms with Gasteiger partial charge in [-0.15, -0.1) is 21.1 Å². The summed E-state index contributed by atoms with van der Waals surface area (Å²) in [6.07, 6.45) is 1.52. The highest BCUT2D eigenvalue weighted by molar-refractivity contribution is 8.00. The number of nitrogens with one attached hydrogen (secondary N) is 3. The number of urea groups is 1. The number of carbonyl (C=O) groups excluding carboxylic acids is 3. The van der Waals surface area contributed by atoms with Crippen molar-refractivity contribution in [1.82, 2.24) is 29.6 Å². The Labute approximate surface area is 262 Å². The molecule has 0 radical (unpaired) electrons. The second kappa shape index (κ2) is 13.0. The minimum Gasteiger partial charge on any atom is -0.478 e. The number of hydrogen-bond donors (Lipinski definition) is 8. The number of carbonyl (C=O) groups is 5. The quantitative estimate of drug-likeness (QED) is 0.0500. The van der Waals surface area contributed by atoms with Crippen LogP contribution in [0.2, 0.25) is 0 Å². The fourth-order valence-corrected chi connectivity index (χ4v) is 5.91. The van der Waals surface area contributed by atoms with Crippen LogP contribution in [0.3, 0.4) is 0 Å². The Kier molecular flexibility index (Phi) is 9.48. The molecule has 0 unspecified atom stereocenters. The van der Waals surface area contributed by atoms with E-state index in [1.54, 1.807) is 11.7 Å². The Bertz CT molecular complexity index is 1620. The van der Waals surface area contributed by atoms with Crippen molar-refractivity contribution in [2.75, 3.05) is 35.6 Å². The molecular weight excluding hydrogens is 636 g/mol. The van der Waals surface area contributed by atoms with E-state index in [0.29, 0.717) is 5.57 Å². The molecule has 0 bridgehead atoms. The van der Waals surface area contributed by atoms with Crippen molar-refractivity contribution in [2.24, 2.45) is 17.9 Å². The van der Waals surface area contributed by atoms with Crippen LogP contribution in [0, 0.1) is 0 Å². The first kappa shape index (κ1) is 32.9. The van der Waals surface area contributed by atoms with Crippen LogP contribution in [-0.2, 0) is 37.6 Å². The molecule has 2 aliphatic heterocycles. The fraction of sp³-hybridized carbons (Fsp3) is 0.435. The number of β-lactam (4-membered cyclic amide) rings is 1. The number of carboxylic acid groups (broad SMARTS) is 2. The molecule has 22 heteroatoms. The predicted octanol–water partition coefficient (Wildman–Crippen LogP) is -2.57. The highest BCUT2D eigenvalue weighted by Crippen LogP contribution is 2.40. The molecule has 0 aliphatic carbocycles. The van der Waals surface area contributed by atoms with Crippen LogP contribution in [0.15, 0.2) is 22.6 Å². The summed E-state index contributed by atoms with van der Waals surface area (Å²) in [5, 5.41) is 29.9. The van der Waals surface area contributed by atoms with Crippen molar-refractivity contribution in [2.45, 2.75) is 37.4 Å². The zero-order valence-corrected chi connectivity index (χ0v) is 25.8. The average Bonchev–Trinajstić information content (AvgIpc) is 3.52. The smallest absolute Gasteiger partial charge is 0.352 e. The summed E-state index contributed by atoms with van der Waals surface area (Å²) < 4.78 is 7.00. The number of amides is 4. The summed E-state index contributed by atoms with van der Waals surface area (Å²) in [7, 11) is 1.61. The van der Waals surface area contributed by atoms with E-state index >= 15 is 0 Å². The Morgan fingerprint density at radius 1 is 1.27 bits per heavy atom. The van der Waals surface area contributed by atoms with E-state index in [9.17, 15) is 34.2 Å². The number of anilines is 3. The highest BCUT2D eigenvalue weighted by Gasteiger charge is 2.55. The van der Waals surface area contributed by atoms with Gasteiger partial charge >= 0.3 is 18.0 Å². The molecule has 1 fully saturated rings. The summed E-state index contributed by atoms with van der Waals surface area (Å²) in [4.78, 5) is 72.4. The zero-order valence-electron chi connectivity index (χ0n) is 24.1. The Balaban J connectivity index is 1.54. The van der Waals surface area contributed by atoms with Crippen LogP contribution in [-0.4, -0.2) is 101 Å². The largest absolute Gasteiger partial charge is 0.478 e.